The first-order chi connectivity index (χ1) is 9.61. The Morgan fingerprint density at radius 3 is 2.90 bits per heavy atom. The minimum absolute atomic E-state index is 0.423. The molecule has 5 heteroatoms. The van der Waals surface area contributed by atoms with E-state index in [-0.39, 0.29) is 0 Å². The Kier molecular flexibility index (Phi) is 5.81. The Morgan fingerprint density at radius 2 is 2.20 bits per heavy atom. The molecule has 0 aromatic carbocycles. The van der Waals surface area contributed by atoms with Crippen LogP contribution in [0.25, 0.3) is 0 Å². The Hall–Kier alpha value is -0.650. The summed E-state index contributed by atoms with van der Waals surface area (Å²) >= 11 is 0. The zero-order valence-electron chi connectivity index (χ0n) is 12.8. The van der Waals surface area contributed by atoms with Gasteiger partial charge in [-0.05, 0) is 58.3 Å². The van der Waals surface area contributed by atoms with E-state index in [2.05, 4.69) is 29.1 Å². The smallest absolute Gasteiger partial charge is 0.322 e. The second-order valence-electron chi connectivity index (χ2n) is 6.34. The van der Waals surface area contributed by atoms with Crippen LogP contribution in [0.15, 0.2) is 0 Å². The maximum Gasteiger partial charge on any atom is 0.322 e. The molecule has 0 amide bonds. The van der Waals surface area contributed by atoms with Crippen LogP contribution in [0.4, 0.5) is 0 Å². The predicted octanol–water partition coefficient (Wildman–Crippen LogP) is 0.855. The van der Waals surface area contributed by atoms with Crippen molar-refractivity contribution in [1.29, 1.82) is 0 Å². The van der Waals surface area contributed by atoms with E-state index < -0.39 is 12.0 Å². The summed E-state index contributed by atoms with van der Waals surface area (Å²) in [5.41, 5.74) is 0. The summed E-state index contributed by atoms with van der Waals surface area (Å²) in [5.74, 6) is 0.00413. The number of carboxylic acid groups (broad SMARTS) is 1. The van der Waals surface area contributed by atoms with Crippen molar-refractivity contribution in [3.8, 4) is 0 Å². The molecule has 2 heterocycles. The molecule has 2 aliphatic heterocycles. The predicted molar refractivity (Wildman–Crippen MR) is 79.9 cm³/mol. The van der Waals surface area contributed by atoms with Gasteiger partial charge in [-0.15, -0.1) is 0 Å². The molecule has 0 aliphatic carbocycles. The molecule has 2 fully saturated rings. The van der Waals surface area contributed by atoms with Gasteiger partial charge >= 0.3 is 5.97 Å². The summed E-state index contributed by atoms with van der Waals surface area (Å²) in [7, 11) is 2.23. The van der Waals surface area contributed by atoms with Crippen molar-refractivity contribution in [2.75, 3.05) is 39.8 Å². The number of aliphatic carboxylic acids is 1. The summed E-state index contributed by atoms with van der Waals surface area (Å²) in [4.78, 5) is 16.2. The van der Waals surface area contributed by atoms with E-state index in [0.29, 0.717) is 12.6 Å². The van der Waals surface area contributed by atoms with Crippen molar-refractivity contribution in [2.45, 2.75) is 44.7 Å². The van der Waals surface area contributed by atoms with E-state index in [1.54, 1.807) is 0 Å². The lowest BCUT2D eigenvalue weighted by Crippen LogP contribution is -2.55. The highest BCUT2D eigenvalue weighted by molar-refractivity contribution is 5.73. The highest BCUT2D eigenvalue weighted by atomic mass is 16.4. The summed E-state index contributed by atoms with van der Waals surface area (Å²) < 4.78 is 0. The van der Waals surface area contributed by atoms with Crippen LogP contribution in [-0.2, 0) is 4.79 Å². The normalized spacial score (nSPS) is 29.9. The summed E-state index contributed by atoms with van der Waals surface area (Å²) in [6.07, 6.45) is 4.73. The lowest BCUT2D eigenvalue weighted by atomic mass is 9.84. The molecule has 3 unspecified atom stereocenters. The van der Waals surface area contributed by atoms with Crippen molar-refractivity contribution in [1.82, 2.24) is 15.1 Å². The number of carbonyl (C=O) groups is 1. The molecule has 2 N–H and O–H groups in total. The first kappa shape index (κ1) is 15.7. The molecule has 116 valence electrons. The minimum atomic E-state index is -0.721. The van der Waals surface area contributed by atoms with Crippen molar-refractivity contribution < 1.29 is 9.90 Å². The Morgan fingerprint density at radius 1 is 1.40 bits per heavy atom. The number of piperidine rings is 2. The number of hydrogen-bond donors (Lipinski definition) is 2. The molecule has 5 nitrogen and oxygen atoms in total. The molecular weight excluding hydrogens is 254 g/mol. The van der Waals surface area contributed by atoms with E-state index in [9.17, 15) is 9.90 Å². The third-order valence-electron chi connectivity index (χ3n) is 4.81. The van der Waals surface area contributed by atoms with E-state index >= 15 is 0 Å². The first-order valence-electron chi connectivity index (χ1n) is 8.00. The Bertz CT molecular complexity index is 324. The zero-order chi connectivity index (χ0) is 14.5. The van der Waals surface area contributed by atoms with Crippen LogP contribution in [0.5, 0.6) is 0 Å². The number of hydrogen-bond acceptors (Lipinski definition) is 4. The largest absolute Gasteiger partial charge is 0.480 e. The van der Waals surface area contributed by atoms with Gasteiger partial charge in [0, 0.05) is 19.1 Å². The lowest BCUT2D eigenvalue weighted by molar-refractivity contribution is -0.140. The molecule has 2 aliphatic rings. The van der Waals surface area contributed by atoms with Gasteiger partial charge in [0.15, 0.2) is 0 Å². The van der Waals surface area contributed by atoms with Gasteiger partial charge in [-0.25, -0.2) is 0 Å². The highest BCUT2D eigenvalue weighted by Gasteiger charge is 2.35. The number of fused-ring (bicyclic) bond motifs is 1. The standard InChI is InChI=1S/C15H29N3O2/c1-3-7-16-13(15(19)20)11-18-9-6-14-12(10-18)5-4-8-17(14)2/h12-14,16H,3-11H2,1-2H3,(H,19,20). The number of carboxylic acids is 1. The average molecular weight is 283 g/mol. The highest BCUT2D eigenvalue weighted by Crippen LogP contribution is 2.29. The fourth-order valence-electron chi connectivity index (χ4n) is 3.70. The summed E-state index contributed by atoms with van der Waals surface area (Å²) in [6, 6.07) is 0.291. The molecule has 0 spiro atoms. The van der Waals surface area contributed by atoms with Gasteiger partial charge in [0.1, 0.15) is 6.04 Å². The van der Waals surface area contributed by atoms with Crippen LogP contribution in [0.1, 0.15) is 32.6 Å². The number of nitrogens with zero attached hydrogens (tertiary/aromatic N) is 2. The number of nitrogens with one attached hydrogen (secondary N) is 1. The van der Waals surface area contributed by atoms with Crippen LogP contribution in [0.2, 0.25) is 0 Å². The molecule has 0 radical (unpaired) electrons. The second kappa shape index (κ2) is 7.38. The minimum Gasteiger partial charge on any atom is -0.480 e. The van der Waals surface area contributed by atoms with Gasteiger partial charge < -0.3 is 20.2 Å². The molecule has 0 bridgehead atoms. The fraction of sp³-hybridized carbons (Fsp3) is 0.933. The van der Waals surface area contributed by atoms with Gasteiger partial charge in [0.25, 0.3) is 0 Å². The van der Waals surface area contributed by atoms with E-state index in [0.717, 1.165) is 32.0 Å². The van der Waals surface area contributed by atoms with Crippen LogP contribution >= 0.6 is 0 Å². The maximum absolute atomic E-state index is 11.3. The molecule has 3 atom stereocenters. The van der Waals surface area contributed by atoms with Gasteiger partial charge in [-0.1, -0.05) is 6.92 Å². The summed E-state index contributed by atoms with van der Waals surface area (Å²) in [6.45, 7) is 6.80. The maximum atomic E-state index is 11.3. The molecular formula is C15H29N3O2. The van der Waals surface area contributed by atoms with Crippen molar-refractivity contribution >= 4 is 5.97 Å². The number of likely N-dealkylation sites (tertiary alicyclic amines) is 2. The average Bonchev–Trinajstić information content (AvgIpc) is 2.43. The van der Waals surface area contributed by atoms with Crippen molar-refractivity contribution in [2.24, 2.45) is 5.92 Å². The van der Waals surface area contributed by atoms with E-state index in [1.807, 2.05) is 0 Å². The third kappa shape index (κ3) is 3.93. The van der Waals surface area contributed by atoms with Crippen LogP contribution < -0.4 is 5.32 Å². The molecule has 0 saturated carbocycles. The molecule has 20 heavy (non-hydrogen) atoms. The van der Waals surface area contributed by atoms with E-state index in [4.69, 9.17) is 0 Å². The monoisotopic (exact) mass is 283 g/mol. The number of rotatable bonds is 6. The topological polar surface area (TPSA) is 55.8 Å². The quantitative estimate of drug-likeness (QED) is 0.757. The first-order valence-corrected chi connectivity index (χ1v) is 8.00. The van der Waals surface area contributed by atoms with Gasteiger partial charge in [-0.2, -0.15) is 0 Å². The third-order valence-corrected chi connectivity index (χ3v) is 4.81. The Balaban J connectivity index is 1.85. The lowest BCUT2D eigenvalue weighted by Gasteiger charge is -2.46. The molecule has 0 aromatic heterocycles. The van der Waals surface area contributed by atoms with E-state index in [1.165, 1.54) is 25.8 Å². The van der Waals surface area contributed by atoms with Crippen LogP contribution in [0, 0.1) is 5.92 Å². The SMILES string of the molecule is CCCNC(CN1CCC2C(CCCN2C)C1)C(=O)O. The second-order valence-corrected chi connectivity index (χ2v) is 6.34. The Labute approximate surface area is 122 Å². The molecule has 2 saturated heterocycles. The van der Waals surface area contributed by atoms with Crippen LogP contribution in [0.3, 0.4) is 0 Å². The van der Waals surface area contributed by atoms with Gasteiger partial charge in [0.2, 0.25) is 0 Å². The summed E-state index contributed by atoms with van der Waals surface area (Å²) in [5, 5.41) is 12.5. The zero-order valence-corrected chi connectivity index (χ0v) is 12.8. The fourth-order valence-corrected chi connectivity index (χ4v) is 3.70. The molecule has 2 rings (SSSR count). The van der Waals surface area contributed by atoms with Crippen LogP contribution in [-0.4, -0.2) is 72.7 Å². The van der Waals surface area contributed by atoms with Crippen molar-refractivity contribution in [3.05, 3.63) is 0 Å². The van der Waals surface area contributed by atoms with Gasteiger partial charge in [-0.3, -0.25) is 4.79 Å². The van der Waals surface area contributed by atoms with Gasteiger partial charge in [0.05, 0.1) is 0 Å². The van der Waals surface area contributed by atoms with Crippen molar-refractivity contribution in [3.63, 3.8) is 0 Å². The molecule has 0 aromatic rings.